The van der Waals surface area contributed by atoms with Crippen molar-refractivity contribution in [1.29, 1.82) is 0 Å². The summed E-state index contributed by atoms with van der Waals surface area (Å²) < 4.78 is 1.76. The highest BCUT2D eigenvalue weighted by Gasteiger charge is 2.15. The molecule has 0 bridgehead atoms. The fourth-order valence-corrected chi connectivity index (χ4v) is 1.49. The number of aryl methyl sites for hydroxylation is 1. The van der Waals surface area contributed by atoms with Crippen LogP contribution < -0.4 is 5.32 Å². The maximum atomic E-state index is 11.6. The molecule has 0 atom stereocenters. The number of rotatable bonds is 6. The van der Waals surface area contributed by atoms with Crippen LogP contribution in [0.1, 0.15) is 16.9 Å². The van der Waals surface area contributed by atoms with Gasteiger partial charge in [-0.15, -0.1) is 5.10 Å². The highest BCUT2D eigenvalue weighted by atomic mass is 16.6. The van der Waals surface area contributed by atoms with E-state index >= 15 is 0 Å². The van der Waals surface area contributed by atoms with E-state index in [1.54, 1.807) is 10.9 Å². The Bertz CT molecular complexity index is 562. The largest absolute Gasteiger partial charge is 0.358 e. The van der Waals surface area contributed by atoms with E-state index in [1.807, 2.05) is 12.3 Å². The van der Waals surface area contributed by atoms with Gasteiger partial charge in [-0.05, 0) is 17.4 Å². The Morgan fingerprint density at radius 1 is 1.58 bits per heavy atom. The third kappa shape index (κ3) is 3.37. The van der Waals surface area contributed by atoms with Crippen LogP contribution in [-0.2, 0) is 6.54 Å². The predicted molar refractivity (Wildman–Crippen MR) is 64.4 cm³/mol. The SMILES string of the molecule is O=C(NCCCn1cccn1)c1cc([N+](=O)[O-])[nH]n1. The lowest BCUT2D eigenvalue weighted by Crippen LogP contribution is -2.25. The summed E-state index contributed by atoms with van der Waals surface area (Å²) in [6.45, 7) is 1.13. The lowest BCUT2D eigenvalue weighted by atomic mass is 10.3. The minimum absolute atomic E-state index is 0.00536. The zero-order chi connectivity index (χ0) is 13.7. The molecule has 0 spiro atoms. The van der Waals surface area contributed by atoms with Crippen molar-refractivity contribution in [3.05, 3.63) is 40.3 Å². The fourth-order valence-electron chi connectivity index (χ4n) is 1.49. The first-order valence-corrected chi connectivity index (χ1v) is 5.62. The second-order valence-electron chi connectivity index (χ2n) is 3.77. The summed E-state index contributed by atoms with van der Waals surface area (Å²) in [7, 11) is 0. The molecular formula is C10H12N6O3. The van der Waals surface area contributed by atoms with Crippen molar-refractivity contribution in [3.63, 3.8) is 0 Å². The van der Waals surface area contributed by atoms with E-state index in [2.05, 4.69) is 20.6 Å². The summed E-state index contributed by atoms with van der Waals surface area (Å²) in [5.74, 6) is -0.744. The van der Waals surface area contributed by atoms with Gasteiger partial charge >= 0.3 is 5.82 Å². The molecule has 9 nitrogen and oxygen atoms in total. The number of amides is 1. The molecule has 2 rings (SSSR count). The molecule has 0 aliphatic heterocycles. The molecule has 19 heavy (non-hydrogen) atoms. The highest BCUT2D eigenvalue weighted by molar-refractivity contribution is 5.92. The van der Waals surface area contributed by atoms with Crippen LogP contribution in [0.5, 0.6) is 0 Å². The summed E-state index contributed by atoms with van der Waals surface area (Å²) in [5, 5.41) is 22.8. The van der Waals surface area contributed by atoms with Gasteiger partial charge in [0, 0.05) is 25.5 Å². The van der Waals surface area contributed by atoms with Crippen molar-refractivity contribution in [3.8, 4) is 0 Å². The van der Waals surface area contributed by atoms with E-state index in [0.717, 1.165) is 6.07 Å². The van der Waals surface area contributed by atoms with Crippen LogP contribution in [-0.4, -0.2) is 37.4 Å². The zero-order valence-corrected chi connectivity index (χ0v) is 9.94. The number of hydrogen-bond donors (Lipinski definition) is 2. The topological polar surface area (TPSA) is 119 Å². The molecule has 9 heteroatoms. The van der Waals surface area contributed by atoms with Gasteiger partial charge in [0.25, 0.3) is 5.91 Å². The molecule has 2 aromatic heterocycles. The average Bonchev–Trinajstić information content (AvgIpc) is 3.05. The lowest BCUT2D eigenvalue weighted by molar-refractivity contribution is -0.389. The number of nitro groups is 1. The van der Waals surface area contributed by atoms with Crippen LogP contribution >= 0.6 is 0 Å². The summed E-state index contributed by atoms with van der Waals surface area (Å²) in [6.07, 6.45) is 4.22. The van der Waals surface area contributed by atoms with Crippen LogP contribution in [0.25, 0.3) is 0 Å². The number of carbonyl (C=O) groups is 1. The van der Waals surface area contributed by atoms with Gasteiger partial charge in [-0.25, -0.2) is 0 Å². The molecule has 0 saturated heterocycles. The smallest absolute Gasteiger partial charge is 0.343 e. The van der Waals surface area contributed by atoms with E-state index in [9.17, 15) is 14.9 Å². The summed E-state index contributed by atoms with van der Waals surface area (Å²) in [4.78, 5) is 21.4. The van der Waals surface area contributed by atoms with E-state index in [4.69, 9.17) is 0 Å². The van der Waals surface area contributed by atoms with Gasteiger partial charge in [0.2, 0.25) is 0 Å². The number of nitrogens with one attached hydrogen (secondary N) is 2. The Balaban J connectivity index is 1.76. The molecule has 2 heterocycles. The second kappa shape index (κ2) is 5.76. The van der Waals surface area contributed by atoms with Gasteiger partial charge in [-0.2, -0.15) is 5.10 Å². The number of aromatic nitrogens is 4. The number of aromatic amines is 1. The third-order valence-corrected chi connectivity index (χ3v) is 2.40. The van der Waals surface area contributed by atoms with Crippen LogP contribution in [0, 0.1) is 10.1 Å². The van der Waals surface area contributed by atoms with Crippen LogP contribution in [0.15, 0.2) is 24.5 Å². The first-order valence-electron chi connectivity index (χ1n) is 5.62. The predicted octanol–water partition coefficient (Wildman–Crippen LogP) is 0.334. The van der Waals surface area contributed by atoms with Gasteiger partial charge in [-0.3, -0.25) is 9.48 Å². The normalized spacial score (nSPS) is 10.3. The van der Waals surface area contributed by atoms with E-state index in [1.165, 1.54) is 0 Å². The van der Waals surface area contributed by atoms with E-state index in [0.29, 0.717) is 19.5 Å². The maximum absolute atomic E-state index is 11.6. The molecule has 2 aromatic rings. The van der Waals surface area contributed by atoms with E-state index in [-0.39, 0.29) is 11.5 Å². The Hall–Kier alpha value is -2.71. The van der Waals surface area contributed by atoms with E-state index < -0.39 is 10.8 Å². The average molecular weight is 264 g/mol. The van der Waals surface area contributed by atoms with Crippen molar-refractivity contribution >= 4 is 11.7 Å². The number of hydrogen-bond acceptors (Lipinski definition) is 5. The van der Waals surface area contributed by atoms with Gasteiger partial charge < -0.3 is 15.4 Å². The van der Waals surface area contributed by atoms with Crippen molar-refractivity contribution < 1.29 is 9.72 Å². The molecule has 1 amide bonds. The van der Waals surface area contributed by atoms with Crippen LogP contribution in [0.2, 0.25) is 0 Å². The van der Waals surface area contributed by atoms with Crippen molar-refractivity contribution in [1.82, 2.24) is 25.3 Å². The van der Waals surface area contributed by atoms with Crippen molar-refractivity contribution in [2.45, 2.75) is 13.0 Å². The molecule has 100 valence electrons. The Morgan fingerprint density at radius 3 is 3.05 bits per heavy atom. The van der Waals surface area contributed by atoms with Crippen molar-refractivity contribution in [2.75, 3.05) is 6.54 Å². The molecule has 2 N–H and O–H groups in total. The summed E-state index contributed by atoms with van der Waals surface area (Å²) in [5.41, 5.74) is 0.00536. The maximum Gasteiger partial charge on any atom is 0.343 e. The summed E-state index contributed by atoms with van der Waals surface area (Å²) in [6, 6.07) is 2.92. The zero-order valence-electron chi connectivity index (χ0n) is 9.94. The molecular weight excluding hydrogens is 252 g/mol. The highest BCUT2D eigenvalue weighted by Crippen LogP contribution is 2.07. The first kappa shape index (κ1) is 12.7. The Kier molecular flexibility index (Phi) is 3.86. The summed E-state index contributed by atoms with van der Waals surface area (Å²) >= 11 is 0. The van der Waals surface area contributed by atoms with Gasteiger partial charge in [0.15, 0.2) is 5.69 Å². The van der Waals surface area contributed by atoms with Gasteiger partial charge in [0.05, 0.1) is 6.07 Å². The van der Waals surface area contributed by atoms with Gasteiger partial charge in [0.1, 0.15) is 0 Å². The minimum Gasteiger partial charge on any atom is -0.358 e. The monoisotopic (exact) mass is 264 g/mol. The number of H-pyrrole nitrogens is 1. The molecule has 0 radical (unpaired) electrons. The van der Waals surface area contributed by atoms with Crippen LogP contribution in [0.4, 0.5) is 5.82 Å². The molecule has 0 saturated carbocycles. The lowest BCUT2D eigenvalue weighted by Gasteiger charge is -2.02. The van der Waals surface area contributed by atoms with Crippen LogP contribution in [0.3, 0.4) is 0 Å². The number of carbonyl (C=O) groups excluding carboxylic acids is 1. The number of nitrogens with zero attached hydrogens (tertiary/aromatic N) is 4. The fraction of sp³-hybridized carbons (Fsp3) is 0.300. The molecule has 0 unspecified atom stereocenters. The Morgan fingerprint density at radius 2 is 2.42 bits per heavy atom. The molecule has 0 fully saturated rings. The quantitative estimate of drug-likeness (QED) is 0.443. The second-order valence-corrected chi connectivity index (χ2v) is 3.77. The Labute approximate surface area is 107 Å². The minimum atomic E-state index is -0.637. The first-order chi connectivity index (χ1) is 9.16. The standard InChI is InChI=1S/C10H12N6O3/c17-10(8-7-9(14-13-8)16(18)19)11-3-1-5-15-6-2-4-12-15/h2,4,6-7H,1,3,5H2,(H,11,17)(H,13,14). The molecule has 0 aliphatic rings. The third-order valence-electron chi connectivity index (χ3n) is 2.40. The molecule has 0 aromatic carbocycles. The molecule has 0 aliphatic carbocycles. The van der Waals surface area contributed by atoms with Gasteiger partial charge in [-0.1, -0.05) is 5.10 Å². The van der Waals surface area contributed by atoms with Crippen molar-refractivity contribution in [2.24, 2.45) is 0 Å².